The summed E-state index contributed by atoms with van der Waals surface area (Å²) >= 11 is 0. The predicted octanol–water partition coefficient (Wildman–Crippen LogP) is 0.997. The monoisotopic (exact) mass is 283 g/mol. The molecule has 0 saturated carbocycles. The zero-order valence-electron chi connectivity index (χ0n) is 11.5. The number of ether oxygens (including phenoxy) is 2. The Balaban J connectivity index is 3.12. The summed E-state index contributed by atoms with van der Waals surface area (Å²) in [4.78, 5) is 21.9. The van der Waals surface area contributed by atoms with Gasteiger partial charge in [-0.05, 0) is 12.0 Å². The molecule has 0 aromatic heterocycles. The second-order valence-electron chi connectivity index (χ2n) is 4.38. The van der Waals surface area contributed by atoms with Crippen LogP contribution < -0.4 is 20.7 Å². The van der Waals surface area contributed by atoms with Crippen molar-refractivity contribution in [3.63, 3.8) is 0 Å². The summed E-state index contributed by atoms with van der Waals surface area (Å²) in [5, 5.41) is 10.8. The van der Waals surface area contributed by atoms with Gasteiger partial charge in [0, 0.05) is 6.07 Å². The van der Waals surface area contributed by atoms with Crippen LogP contribution in [0, 0.1) is 16.0 Å². The summed E-state index contributed by atoms with van der Waals surface area (Å²) in [7, 11) is 1.40. The van der Waals surface area contributed by atoms with E-state index >= 15 is 0 Å². The molecule has 0 aliphatic rings. The van der Waals surface area contributed by atoms with Crippen LogP contribution in [-0.2, 0) is 4.79 Å². The standard InChI is InChI=1S/C12H17N3O5/c1-7(2)11(12(16)14-13)20-10-6-8(15(17)18)4-5-9(10)19-3/h4-7,11H,13H2,1-3H3,(H,14,16). The number of carbonyl (C=O) groups excluding carboxylic acids is 1. The third-order valence-electron chi connectivity index (χ3n) is 2.62. The second-order valence-corrected chi connectivity index (χ2v) is 4.38. The van der Waals surface area contributed by atoms with E-state index in [1.807, 2.05) is 5.43 Å². The molecule has 8 nitrogen and oxygen atoms in total. The molecule has 1 atom stereocenters. The number of benzene rings is 1. The van der Waals surface area contributed by atoms with Crippen LogP contribution in [0.25, 0.3) is 0 Å². The molecule has 0 fully saturated rings. The summed E-state index contributed by atoms with van der Waals surface area (Å²) in [5.41, 5.74) is 1.85. The highest BCUT2D eigenvalue weighted by Crippen LogP contribution is 2.32. The van der Waals surface area contributed by atoms with Gasteiger partial charge in [-0.3, -0.25) is 20.3 Å². The number of non-ortho nitro benzene ring substituents is 1. The highest BCUT2D eigenvalue weighted by atomic mass is 16.6. The van der Waals surface area contributed by atoms with Crippen molar-refractivity contribution < 1.29 is 19.2 Å². The molecule has 1 aromatic carbocycles. The predicted molar refractivity (Wildman–Crippen MR) is 71.2 cm³/mol. The van der Waals surface area contributed by atoms with Crippen LogP contribution in [0.2, 0.25) is 0 Å². The highest BCUT2D eigenvalue weighted by Gasteiger charge is 2.25. The molecule has 0 spiro atoms. The van der Waals surface area contributed by atoms with Crippen LogP contribution in [0.15, 0.2) is 18.2 Å². The number of nitrogens with one attached hydrogen (secondary N) is 1. The van der Waals surface area contributed by atoms with E-state index in [1.54, 1.807) is 13.8 Å². The first-order chi connectivity index (χ1) is 9.40. The number of nitrogens with two attached hydrogens (primary N) is 1. The van der Waals surface area contributed by atoms with Crippen LogP contribution >= 0.6 is 0 Å². The smallest absolute Gasteiger partial charge is 0.275 e. The van der Waals surface area contributed by atoms with Gasteiger partial charge in [-0.1, -0.05) is 13.8 Å². The fourth-order valence-electron chi connectivity index (χ4n) is 1.58. The Morgan fingerprint density at radius 2 is 2.05 bits per heavy atom. The molecule has 3 N–H and O–H groups in total. The van der Waals surface area contributed by atoms with E-state index in [2.05, 4.69) is 0 Å². The molecule has 0 radical (unpaired) electrons. The molecule has 0 bridgehead atoms. The lowest BCUT2D eigenvalue weighted by molar-refractivity contribution is -0.385. The first kappa shape index (κ1) is 15.7. The van der Waals surface area contributed by atoms with Gasteiger partial charge in [-0.2, -0.15) is 0 Å². The largest absolute Gasteiger partial charge is 0.493 e. The number of carbonyl (C=O) groups is 1. The maximum Gasteiger partial charge on any atom is 0.275 e. The van der Waals surface area contributed by atoms with Crippen LogP contribution in [0.1, 0.15) is 13.8 Å². The maximum absolute atomic E-state index is 11.6. The van der Waals surface area contributed by atoms with Gasteiger partial charge < -0.3 is 9.47 Å². The van der Waals surface area contributed by atoms with E-state index in [9.17, 15) is 14.9 Å². The van der Waals surface area contributed by atoms with Crippen molar-refractivity contribution in [2.24, 2.45) is 11.8 Å². The molecule has 8 heteroatoms. The number of hydrazine groups is 1. The molecular weight excluding hydrogens is 266 g/mol. The summed E-state index contributed by atoms with van der Waals surface area (Å²) in [6.45, 7) is 3.54. The molecule has 1 aromatic rings. The number of nitro groups is 1. The molecule has 20 heavy (non-hydrogen) atoms. The van der Waals surface area contributed by atoms with Gasteiger partial charge in [0.05, 0.1) is 18.1 Å². The average molecular weight is 283 g/mol. The Morgan fingerprint density at radius 1 is 1.40 bits per heavy atom. The number of nitrogens with zero attached hydrogens (tertiary/aromatic N) is 1. The van der Waals surface area contributed by atoms with Crippen LogP contribution in [0.4, 0.5) is 5.69 Å². The van der Waals surface area contributed by atoms with Crippen molar-refractivity contribution in [2.75, 3.05) is 7.11 Å². The minimum Gasteiger partial charge on any atom is -0.493 e. The quantitative estimate of drug-likeness (QED) is 0.348. The number of methoxy groups -OCH3 is 1. The van der Waals surface area contributed by atoms with Crippen molar-refractivity contribution in [3.8, 4) is 11.5 Å². The van der Waals surface area contributed by atoms with Crippen molar-refractivity contribution in [3.05, 3.63) is 28.3 Å². The number of rotatable bonds is 6. The lowest BCUT2D eigenvalue weighted by Gasteiger charge is -2.21. The lowest BCUT2D eigenvalue weighted by Crippen LogP contribution is -2.44. The minimum atomic E-state index is -0.879. The topological polar surface area (TPSA) is 117 Å². The van der Waals surface area contributed by atoms with Gasteiger partial charge in [0.2, 0.25) is 0 Å². The van der Waals surface area contributed by atoms with E-state index in [0.29, 0.717) is 5.75 Å². The van der Waals surface area contributed by atoms with Crippen LogP contribution in [0.5, 0.6) is 11.5 Å². The first-order valence-corrected chi connectivity index (χ1v) is 5.90. The number of hydrogen-bond donors (Lipinski definition) is 2. The molecular formula is C12H17N3O5. The van der Waals surface area contributed by atoms with Gasteiger partial charge in [-0.25, -0.2) is 5.84 Å². The molecule has 0 aliphatic carbocycles. The Bertz CT molecular complexity index is 504. The lowest BCUT2D eigenvalue weighted by atomic mass is 10.1. The SMILES string of the molecule is COc1ccc([N+](=O)[O-])cc1OC(C(=O)NN)C(C)C. The van der Waals surface area contributed by atoms with Crippen molar-refractivity contribution >= 4 is 11.6 Å². The normalized spacial score (nSPS) is 11.8. The molecule has 1 unspecified atom stereocenters. The molecule has 0 heterocycles. The Kier molecular flexibility index (Phi) is 5.27. The number of amides is 1. The molecule has 1 rings (SSSR count). The summed E-state index contributed by atoms with van der Waals surface area (Å²) < 4.78 is 10.6. The number of hydrogen-bond acceptors (Lipinski definition) is 6. The molecule has 1 amide bonds. The van der Waals surface area contributed by atoms with E-state index in [1.165, 1.54) is 25.3 Å². The average Bonchev–Trinajstić information content (AvgIpc) is 2.43. The van der Waals surface area contributed by atoms with Crippen molar-refractivity contribution in [1.82, 2.24) is 5.43 Å². The van der Waals surface area contributed by atoms with E-state index in [4.69, 9.17) is 15.3 Å². The minimum absolute atomic E-state index is 0.115. The summed E-state index contributed by atoms with van der Waals surface area (Å²) in [5.74, 6) is 4.81. The second kappa shape index (κ2) is 6.71. The van der Waals surface area contributed by atoms with E-state index < -0.39 is 16.9 Å². The third-order valence-corrected chi connectivity index (χ3v) is 2.62. The van der Waals surface area contributed by atoms with E-state index in [0.717, 1.165) is 0 Å². The van der Waals surface area contributed by atoms with Crippen LogP contribution in [-0.4, -0.2) is 24.0 Å². The van der Waals surface area contributed by atoms with Gasteiger partial charge >= 0.3 is 0 Å². The van der Waals surface area contributed by atoms with Crippen LogP contribution in [0.3, 0.4) is 0 Å². The van der Waals surface area contributed by atoms with Gasteiger partial charge in [0.15, 0.2) is 17.6 Å². The van der Waals surface area contributed by atoms with E-state index in [-0.39, 0.29) is 17.4 Å². The van der Waals surface area contributed by atoms with Gasteiger partial charge in [0.25, 0.3) is 11.6 Å². The molecule has 0 aliphatic heterocycles. The Hall–Kier alpha value is -2.35. The Labute approximate surface area is 116 Å². The zero-order valence-corrected chi connectivity index (χ0v) is 11.5. The fraction of sp³-hybridized carbons (Fsp3) is 0.417. The maximum atomic E-state index is 11.6. The fourth-order valence-corrected chi connectivity index (χ4v) is 1.58. The van der Waals surface area contributed by atoms with Crippen molar-refractivity contribution in [2.45, 2.75) is 20.0 Å². The summed E-state index contributed by atoms with van der Waals surface area (Å²) in [6.07, 6.45) is -0.879. The molecule has 0 saturated heterocycles. The molecule has 110 valence electrons. The summed E-state index contributed by atoms with van der Waals surface area (Å²) in [6, 6.07) is 3.91. The zero-order chi connectivity index (χ0) is 15.3. The number of nitro benzene ring substituents is 1. The van der Waals surface area contributed by atoms with Crippen molar-refractivity contribution in [1.29, 1.82) is 0 Å². The third kappa shape index (κ3) is 3.58. The van der Waals surface area contributed by atoms with Gasteiger partial charge in [-0.15, -0.1) is 0 Å². The first-order valence-electron chi connectivity index (χ1n) is 5.90. The Morgan fingerprint density at radius 3 is 2.50 bits per heavy atom. The highest BCUT2D eigenvalue weighted by molar-refractivity contribution is 5.80. The van der Waals surface area contributed by atoms with Gasteiger partial charge in [0.1, 0.15) is 0 Å².